The van der Waals surface area contributed by atoms with Gasteiger partial charge in [-0.25, -0.2) is 13.4 Å². The largest absolute Gasteiger partial charge is 0.274 e. The molecule has 5 nitrogen and oxygen atoms in total. The molecule has 2 heterocycles. The smallest absolute Gasteiger partial charge is 0.231 e. The van der Waals surface area contributed by atoms with Gasteiger partial charge in [0.05, 0.1) is 17.6 Å². The molecule has 7 heteroatoms. The van der Waals surface area contributed by atoms with E-state index >= 15 is 0 Å². The molecule has 1 aromatic carbocycles. The number of thiazole rings is 1. The molecule has 2 aromatic heterocycles. The minimum atomic E-state index is -3.25. The molecule has 0 fully saturated rings. The highest BCUT2D eigenvalue weighted by molar-refractivity contribution is 7.92. The molecule has 0 aliphatic carbocycles. The van der Waals surface area contributed by atoms with Gasteiger partial charge in [-0.3, -0.25) is 9.29 Å². The minimum Gasteiger partial charge on any atom is -0.274 e. The first-order valence-electron chi connectivity index (χ1n) is 6.85. The monoisotopic (exact) mass is 345 g/mol. The normalized spacial score (nSPS) is 11.4. The maximum Gasteiger partial charge on any atom is 0.231 e. The molecule has 0 N–H and O–H groups in total. The van der Waals surface area contributed by atoms with Crippen LogP contribution in [-0.2, 0) is 10.0 Å². The van der Waals surface area contributed by atoms with E-state index in [0.717, 1.165) is 21.8 Å². The van der Waals surface area contributed by atoms with Gasteiger partial charge in [0, 0.05) is 35.9 Å². The predicted molar refractivity (Wildman–Crippen MR) is 94.0 cm³/mol. The molecule has 23 heavy (non-hydrogen) atoms. The van der Waals surface area contributed by atoms with Crippen LogP contribution in [0.4, 0.5) is 5.69 Å². The van der Waals surface area contributed by atoms with Crippen molar-refractivity contribution < 1.29 is 8.42 Å². The van der Waals surface area contributed by atoms with Crippen molar-refractivity contribution in [2.75, 3.05) is 17.6 Å². The van der Waals surface area contributed by atoms with E-state index in [4.69, 9.17) is 0 Å². The van der Waals surface area contributed by atoms with Crippen molar-refractivity contribution in [1.82, 2.24) is 9.97 Å². The van der Waals surface area contributed by atoms with Gasteiger partial charge in [0.2, 0.25) is 10.0 Å². The molecular formula is C16H15N3O2S2. The van der Waals surface area contributed by atoms with Crippen LogP contribution in [0.5, 0.6) is 0 Å². The molecule has 0 saturated carbocycles. The Labute approximate surface area is 139 Å². The molecule has 0 radical (unpaired) electrons. The summed E-state index contributed by atoms with van der Waals surface area (Å²) in [5.41, 5.74) is 3.48. The second-order valence-electron chi connectivity index (χ2n) is 5.05. The molecule has 0 aliphatic rings. The molecule has 3 aromatic rings. The lowest BCUT2D eigenvalue weighted by Gasteiger charge is -2.16. The van der Waals surface area contributed by atoms with E-state index in [1.54, 1.807) is 35.9 Å². The van der Waals surface area contributed by atoms with Gasteiger partial charge in [-0.15, -0.1) is 11.3 Å². The molecule has 0 atom stereocenters. The Balaban J connectivity index is 1.88. The summed E-state index contributed by atoms with van der Waals surface area (Å²) in [6.45, 7) is 0. The van der Waals surface area contributed by atoms with E-state index in [1.807, 2.05) is 29.6 Å². The van der Waals surface area contributed by atoms with Crippen LogP contribution >= 0.6 is 11.3 Å². The quantitative estimate of drug-likeness (QED) is 0.728. The van der Waals surface area contributed by atoms with Gasteiger partial charge in [-0.2, -0.15) is 0 Å². The van der Waals surface area contributed by atoms with Gasteiger partial charge in [0.1, 0.15) is 5.01 Å². The second kappa shape index (κ2) is 6.10. The Hall–Kier alpha value is -2.25. The lowest BCUT2D eigenvalue weighted by atomic mass is 10.1. The number of hydrogen-bond acceptors (Lipinski definition) is 5. The Bertz CT molecular complexity index is 904. The van der Waals surface area contributed by atoms with Crippen molar-refractivity contribution in [2.45, 2.75) is 0 Å². The molecule has 0 aliphatic heterocycles. The first kappa shape index (κ1) is 15.6. The summed E-state index contributed by atoms with van der Waals surface area (Å²) < 4.78 is 24.4. The van der Waals surface area contributed by atoms with Crippen molar-refractivity contribution in [3.63, 3.8) is 0 Å². The Morgan fingerprint density at radius 2 is 1.65 bits per heavy atom. The number of aromatic nitrogens is 2. The van der Waals surface area contributed by atoms with Crippen molar-refractivity contribution in [2.24, 2.45) is 0 Å². The van der Waals surface area contributed by atoms with Crippen LogP contribution in [0.25, 0.3) is 21.8 Å². The first-order valence-corrected chi connectivity index (χ1v) is 9.58. The Morgan fingerprint density at radius 3 is 2.26 bits per heavy atom. The van der Waals surface area contributed by atoms with Crippen LogP contribution < -0.4 is 4.31 Å². The number of pyridine rings is 1. The molecule has 0 amide bonds. The maximum absolute atomic E-state index is 11.6. The molecule has 0 bridgehead atoms. The fourth-order valence-electron chi connectivity index (χ4n) is 2.07. The third-order valence-corrected chi connectivity index (χ3v) is 5.55. The zero-order valence-corrected chi connectivity index (χ0v) is 14.3. The topological polar surface area (TPSA) is 63.2 Å². The van der Waals surface area contributed by atoms with Crippen molar-refractivity contribution >= 4 is 27.0 Å². The SMILES string of the molecule is CN(c1ccc(-c2csc(-c3ccncc3)n2)cc1)S(C)(=O)=O. The lowest BCUT2D eigenvalue weighted by Crippen LogP contribution is -2.24. The van der Waals surface area contributed by atoms with E-state index in [2.05, 4.69) is 9.97 Å². The molecule has 0 spiro atoms. The number of anilines is 1. The van der Waals surface area contributed by atoms with Gasteiger partial charge in [-0.05, 0) is 24.3 Å². The molecular weight excluding hydrogens is 330 g/mol. The highest BCUT2D eigenvalue weighted by Crippen LogP contribution is 2.29. The highest BCUT2D eigenvalue weighted by atomic mass is 32.2. The number of nitrogens with zero attached hydrogens (tertiary/aromatic N) is 3. The van der Waals surface area contributed by atoms with Gasteiger partial charge in [0.15, 0.2) is 0 Å². The fourth-order valence-corrected chi connectivity index (χ4v) is 3.41. The summed E-state index contributed by atoms with van der Waals surface area (Å²) in [6, 6.07) is 11.2. The summed E-state index contributed by atoms with van der Waals surface area (Å²) in [5, 5.41) is 2.92. The zero-order chi connectivity index (χ0) is 16.4. The van der Waals surface area contributed by atoms with Gasteiger partial charge < -0.3 is 0 Å². The Morgan fingerprint density at radius 1 is 1.00 bits per heavy atom. The van der Waals surface area contributed by atoms with Crippen LogP contribution in [0.15, 0.2) is 54.2 Å². The van der Waals surface area contributed by atoms with Gasteiger partial charge in [0.25, 0.3) is 0 Å². The number of hydrogen-bond donors (Lipinski definition) is 0. The second-order valence-corrected chi connectivity index (χ2v) is 7.92. The maximum atomic E-state index is 11.6. The summed E-state index contributed by atoms with van der Waals surface area (Å²) in [7, 11) is -1.71. The standard InChI is InChI=1S/C16H15N3O2S2/c1-19(23(2,20)21)14-5-3-12(4-6-14)15-11-22-16(18-15)13-7-9-17-10-8-13/h3-11H,1-2H3. The molecule has 118 valence electrons. The molecule has 3 rings (SSSR count). The van der Waals surface area contributed by atoms with E-state index in [-0.39, 0.29) is 0 Å². The fraction of sp³-hybridized carbons (Fsp3) is 0.125. The van der Waals surface area contributed by atoms with E-state index in [9.17, 15) is 8.42 Å². The van der Waals surface area contributed by atoms with Crippen LogP contribution in [0.2, 0.25) is 0 Å². The summed E-state index contributed by atoms with van der Waals surface area (Å²) >= 11 is 1.57. The van der Waals surface area contributed by atoms with Crippen LogP contribution in [0.1, 0.15) is 0 Å². The average molecular weight is 345 g/mol. The van der Waals surface area contributed by atoms with E-state index in [1.165, 1.54) is 17.6 Å². The lowest BCUT2D eigenvalue weighted by molar-refractivity contribution is 0.600. The molecule has 0 unspecified atom stereocenters. The molecule has 0 saturated heterocycles. The average Bonchev–Trinajstić information content (AvgIpc) is 3.04. The van der Waals surface area contributed by atoms with E-state index in [0.29, 0.717) is 5.69 Å². The number of sulfonamides is 1. The summed E-state index contributed by atoms with van der Waals surface area (Å²) in [5.74, 6) is 0. The minimum absolute atomic E-state index is 0.626. The van der Waals surface area contributed by atoms with Gasteiger partial charge in [-0.1, -0.05) is 12.1 Å². The zero-order valence-electron chi connectivity index (χ0n) is 12.7. The third-order valence-electron chi connectivity index (χ3n) is 3.46. The number of benzene rings is 1. The van der Waals surface area contributed by atoms with E-state index < -0.39 is 10.0 Å². The van der Waals surface area contributed by atoms with Crippen LogP contribution in [0.3, 0.4) is 0 Å². The van der Waals surface area contributed by atoms with Crippen LogP contribution in [0, 0.1) is 0 Å². The van der Waals surface area contributed by atoms with Crippen molar-refractivity contribution in [3.8, 4) is 21.8 Å². The predicted octanol–water partition coefficient (Wildman–Crippen LogP) is 3.27. The first-order chi connectivity index (χ1) is 10.9. The Kier molecular flexibility index (Phi) is 4.14. The van der Waals surface area contributed by atoms with Gasteiger partial charge >= 0.3 is 0 Å². The summed E-state index contributed by atoms with van der Waals surface area (Å²) in [4.78, 5) is 8.64. The summed E-state index contributed by atoms with van der Waals surface area (Å²) in [6.07, 6.45) is 4.67. The third kappa shape index (κ3) is 3.40. The van der Waals surface area contributed by atoms with Crippen molar-refractivity contribution in [1.29, 1.82) is 0 Å². The highest BCUT2D eigenvalue weighted by Gasteiger charge is 2.12. The van der Waals surface area contributed by atoms with Crippen LogP contribution in [-0.4, -0.2) is 31.7 Å². The van der Waals surface area contributed by atoms with Crippen molar-refractivity contribution in [3.05, 3.63) is 54.2 Å². The number of rotatable bonds is 4.